The molecule has 0 spiro atoms. The van der Waals surface area contributed by atoms with Crippen molar-refractivity contribution in [2.45, 2.75) is 19.8 Å². The molecule has 1 N–H and O–H groups in total. The van der Waals surface area contributed by atoms with Crippen molar-refractivity contribution in [2.75, 3.05) is 38.6 Å². The summed E-state index contributed by atoms with van der Waals surface area (Å²) in [6.07, 6.45) is 0.877. The Morgan fingerprint density at radius 1 is 1.35 bits per heavy atom. The molecule has 0 aromatic heterocycles. The van der Waals surface area contributed by atoms with Crippen LogP contribution in [-0.2, 0) is 19.6 Å². The summed E-state index contributed by atoms with van der Waals surface area (Å²) in [6, 6.07) is 0. The van der Waals surface area contributed by atoms with Gasteiger partial charge in [-0.3, -0.25) is 4.79 Å². The van der Waals surface area contributed by atoms with Crippen molar-refractivity contribution in [3.63, 3.8) is 0 Å². The van der Waals surface area contributed by atoms with Gasteiger partial charge in [0.2, 0.25) is 15.9 Å². The number of ether oxygens (including phenoxy) is 1. The Balaban J connectivity index is 2.35. The number of carbonyl (C=O) groups is 1. The normalized spacial score (nSPS) is 17.9. The molecule has 1 amide bonds. The lowest BCUT2D eigenvalue weighted by Crippen LogP contribution is -2.42. The second-order valence-electron chi connectivity index (χ2n) is 3.93. The van der Waals surface area contributed by atoms with E-state index in [1.807, 2.05) is 6.92 Å². The van der Waals surface area contributed by atoms with Crippen LogP contribution in [0.4, 0.5) is 0 Å². The average molecular weight is 264 g/mol. The van der Waals surface area contributed by atoms with Gasteiger partial charge in [-0.1, -0.05) is 6.92 Å². The van der Waals surface area contributed by atoms with Crippen LogP contribution >= 0.6 is 0 Å². The van der Waals surface area contributed by atoms with Crippen molar-refractivity contribution in [2.24, 2.45) is 0 Å². The van der Waals surface area contributed by atoms with Crippen LogP contribution in [0.1, 0.15) is 19.8 Å². The third-order valence-corrected chi connectivity index (χ3v) is 4.39. The van der Waals surface area contributed by atoms with E-state index >= 15 is 0 Å². The molecule has 1 saturated heterocycles. The van der Waals surface area contributed by atoms with Gasteiger partial charge < -0.3 is 10.1 Å². The van der Waals surface area contributed by atoms with Gasteiger partial charge in [-0.05, 0) is 6.42 Å². The maximum atomic E-state index is 11.9. The predicted molar refractivity (Wildman–Crippen MR) is 64.1 cm³/mol. The molecule has 0 unspecified atom stereocenters. The van der Waals surface area contributed by atoms with Crippen molar-refractivity contribution >= 4 is 15.9 Å². The average Bonchev–Trinajstić information content (AvgIpc) is 2.35. The van der Waals surface area contributed by atoms with Gasteiger partial charge in [0.15, 0.2) is 0 Å². The van der Waals surface area contributed by atoms with Gasteiger partial charge >= 0.3 is 0 Å². The van der Waals surface area contributed by atoms with Crippen LogP contribution in [0.15, 0.2) is 0 Å². The fraction of sp³-hybridized carbons (Fsp3) is 0.900. The molecular formula is C10H20N2O4S. The van der Waals surface area contributed by atoms with Crippen LogP contribution in [0.5, 0.6) is 0 Å². The van der Waals surface area contributed by atoms with Gasteiger partial charge in [-0.2, -0.15) is 4.31 Å². The molecule has 1 aliphatic heterocycles. The zero-order chi connectivity index (χ0) is 12.7. The molecule has 6 nitrogen and oxygen atoms in total. The number of carbonyl (C=O) groups excluding carboxylic acids is 1. The van der Waals surface area contributed by atoms with Crippen LogP contribution in [0.3, 0.4) is 0 Å². The van der Waals surface area contributed by atoms with Gasteiger partial charge in [-0.15, -0.1) is 0 Å². The second kappa shape index (κ2) is 6.93. The Labute approximate surface area is 102 Å². The summed E-state index contributed by atoms with van der Waals surface area (Å²) in [4.78, 5) is 11.3. The molecule has 0 atom stereocenters. The molecule has 7 heteroatoms. The van der Waals surface area contributed by atoms with E-state index in [1.54, 1.807) is 0 Å². The van der Waals surface area contributed by atoms with Crippen LogP contribution in [0.2, 0.25) is 0 Å². The van der Waals surface area contributed by atoms with Crippen LogP contribution in [0, 0.1) is 0 Å². The van der Waals surface area contributed by atoms with E-state index < -0.39 is 10.0 Å². The summed E-state index contributed by atoms with van der Waals surface area (Å²) in [6.45, 7) is 4.18. The third kappa shape index (κ3) is 5.01. The molecule has 1 fully saturated rings. The summed E-state index contributed by atoms with van der Waals surface area (Å²) in [7, 11) is -3.31. The van der Waals surface area contributed by atoms with Gasteiger partial charge in [0.05, 0.1) is 19.0 Å². The Bertz CT molecular complexity index is 336. The van der Waals surface area contributed by atoms with Gasteiger partial charge in [0, 0.05) is 26.1 Å². The lowest BCUT2D eigenvalue weighted by atomic mass is 10.4. The van der Waals surface area contributed by atoms with E-state index in [9.17, 15) is 13.2 Å². The van der Waals surface area contributed by atoms with E-state index in [0.29, 0.717) is 32.8 Å². The van der Waals surface area contributed by atoms with Crippen LogP contribution in [0.25, 0.3) is 0 Å². The van der Waals surface area contributed by atoms with Crippen molar-refractivity contribution in [1.82, 2.24) is 9.62 Å². The first-order valence-electron chi connectivity index (χ1n) is 5.88. The number of sulfonamides is 1. The first-order chi connectivity index (χ1) is 8.06. The Kier molecular flexibility index (Phi) is 5.87. The third-order valence-electron chi connectivity index (χ3n) is 2.52. The van der Waals surface area contributed by atoms with E-state index in [-0.39, 0.29) is 18.1 Å². The highest BCUT2D eigenvalue weighted by Crippen LogP contribution is 2.06. The molecule has 0 aromatic rings. The van der Waals surface area contributed by atoms with Gasteiger partial charge in [-0.25, -0.2) is 8.42 Å². The van der Waals surface area contributed by atoms with Crippen molar-refractivity contribution in [3.05, 3.63) is 0 Å². The minimum absolute atomic E-state index is 0.0275. The number of nitrogens with zero attached hydrogens (tertiary/aromatic N) is 1. The number of hydrogen-bond acceptors (Lipinski definition) is 4. The standard InChI is InChI=1S/C10H20N2O4S/c1-2-4-11-10(13)3-9-17(14,15)12-5-7-16-8-6-12/h2-9H2,1H3,(H,11,13). The largest absolute Gasteiger partial charge is 0.379 e. The van der Waals surface area contributed by atoms with Crippen LogP contribution in [-0.4, -0.2) is 57.2 Å². The summed E-state index contributed by atoms with van der Waals surface area (Å²) < 4.78 is 30.2. The Morgan fingerprint density at radius 2 is 2.00 bits per heavy atom. The predicted octanol–water partition coefficient (Wildman–Crippen LogP) is -0.435. The molecule has 1 rings (SSSR count). The summed E-state index contributed by atoms with van der Waals surface area (Å²) in [5.41, 5.74) is 0. The van der Waals surface area contributed by atoms with Gasteiger partial charge in [0.1, 0.15) is 0 Å². The topological polar surface area (TPSA) is 75.7 Å². The van der Waals surface area contributed by atoms with Crippen LogP contribution < -0.4 is 5.32 Å². The van der Waals surface area contributed by atoms with E-state index in [0.717, 1.165) is 6.42 Å². The lowest BCUT2D eigenvalue weighted by molar-refractivity contribution is -0.120. The monoisotopic (exact) mass is 264 g/mol. The summed E-state index contributed by atoms with van der Waals surface area (Å²) in [5, 5.41) is 2.66. The Morgan fingerprint density at radius 3 is 2.59 bits per heavy atom. The highest BCUT2D eigenvalue weighted by atomic mass is 32.2. The SMILES string of the molecule is CCCNC(=O)CCS(=O)(=O)N1CCOCC1. The summed E-state index contributed by atoms with van der Waals surface area (Å²) >= 11 is 0. The molecule has 0 saturated carbocycles. The number of hydrogen-bond donors (Lipinski definition) is 1. The minimum Gasteiger partial charge on any atom is -0.379 e. The van der Waals surface area contributed by atoms with E-state index in [4.69, 9.17) is 4.74 Å². The molecule has 0 bridgehead atoms. The first-order valence-corrected chi connectivity index (χ1v) is 7.49. The Hall–Kier alpha value is -0.660. The quantitative estimate of drug-likeness (QED) is 0.706. The van der Waals surface area contributed by atoms with Gasteiger partial charge in [0.25, 0.3) is 0 Å². The van der Waals surface area contributed by atoms with Crippen molar-refractivity contribution in [3.8, 4) is 0 Å². The highest BCUT2D eigenvalue weighted by Gasteiger charge is 2.24. The van der Waals surface area contributed by atoms with Crippen molar-refractivity contribution in [1.29, 1.82) is 0 Å². The molecule has 1 aliphatic rings. The molecule has 17 heavy (non-hydrogen) atoms. The second-order valence-corrected chi connectivity index (χ2v) is 6.02. The fourth-order valence-corrected chi connectivity index (χ4v) is 2.94. The van der Waals surface area contributed by atoms with Crippen molar-refractivity contribution < 1.29 is 17.9 Å². The maximum absolute atomic E-state index is 11.9. The smallest absolute Gasteiger partial charge is 0.221 e. The molecule has 0 aromatic carbocycles. The van der Waals surface area contributed by atoms with E-state index in [1.165, 1.54) is 4.31 Å². The summed E-state index contributed by atoms with van der Waals surface area (Å²) in [5.74, 6) is -0.327. The molecule has 0 radical (unpaired) electrons. The molecule has 100 valence electrons. The number of nitrogens with one attached hydrogen (secondary N) is 1. The zero-order valence-corrected chi connectivity index (χ0v) is 11.0. The molecule has 0 aliphatic carbocycles. The highest BCUT2D eigenvalue weighted by molar-refractivity contribution is 7.89. The zero-order valence-electron chi connectivity index (χ0n) is 10.1. The maximum Gasteiger partial charge on any atom is 0.221 e. The fourth-order valence-electron chi connectivity index (χ4n) is 1.53. The molecule has 1 heterocycles. The molecular weight excluding hydrogens is 244 g/mol. The van der Waals surface area contributed by atoms with E-state index in [2.05, 4.69) is 5.32 Å². The lowest BCUT2D eigenvalue weighted by Gasteiger charge is -2.25. The number of rotatable bonds is 6. The minimum atomic E-state index is -3.31. The number of amides is 1. The first kappa shape index (κ1) is 14.4. The number of morpholine rings is 1.